The molecule has 0 amide bonds. The van der Waals surface area contributed by atoms with Gasteiger partial charge in [0.2, 0.25) is 0 Å². The Hall–Kier alpha value is -1.76. The summed E-state index contributed by atoms with van der Waals surface area (Å²) in [5, 5.41) is 11.1. The fourth-order valence-electron chi connectivity index (χ4n) is 2.12. The Bertz CT molecular complexity index is 557. The highest BCUT2D eigenvalue weighted by Crippen LogP contribution is 2.25. The molecule has 0 spiro atoms. The van der Waals surface area contributed by atoms with Crippen molar-refractivity contribution in [1.29, 1.82) is 0 Å². The molecule has 0 fully saturated rings. The lowest BCUT2D eigenvalue weighted by atomic mass is 10.1. The maximum absolute atomic E-state index is 5.20. The van der Waals surface area contributed by atoms with Crippen LogP contribution in [0.2, 0.25) is 0 Å². The first-order valence-corrected chi connectivity index (χ1v) is 7.57. The Balaban J connectivity index is 2.25. The lowest BCUT2D eigenvalue weighted by Gasteiger charge is -2.15. The normalized spacial score (nSPS) is 12.2. The van der Waals surface area contributed by atoms with Gasteiger partial charge in [-0.15, -0.1) is 0 Å². The van der Waals surface area contributed by atoms with Crippen LogP contribution in [0.15, 0.2) is 15.7 Å². The number of hydrogen-bond acceptors (Lipinski definition) is 7. The zero-order valence-corrected chi connectivity index (χ0v) is 13.1. The predicted octanol–water partition coefficient (Wildman–Crippen LogP) is 3.02. The summed E-state index contributed by atoms with van der Waals surface area (Å²) in [6.07, 6.45) is 1.95. The number of aromatic nitrogens is 3. The van der Waals surface area contributed by atoms with Crippen LogP contribution in [0.4, 0.5) is 11.6 Å². The van der Waals surface area contributed by atoms with E-state index < -0.39 is 0 Å². The van der Waals surface area contributed by atoms with Crippen LogP contribution in [-0.2, 0) is 0 Å². The molecule has 1 unspecified atom stereocenters. The molecule has 1 atom stereocenters. The topological polar surface area (TPSA) is 75.9 Å². The highest BCUT2D eigenvalue weighted by Gasteiger charge is 2.17. The molecule has 0 bridgehead atoms. The lowest BCUT2D eigenvalue weighted by Crippen LogP contribution is -2.11. The number of nitrogens with zero attached hydrogens (tertiary/aromatic N) is 3. The quantitative estimate of drug-likeness (QED) is 0.648. The minimum absolute atomic E-state index is 0.0653. The van der Waals surface area contributed by atoms with E-state index in [-0.39, 0.29) is 6.04 Å². The van der Waals surface area contributed by atoms with E-state index in [4.69, 9.17) is 4.52 Å². The Labute approximate surface area is 122 Å². The molecule has 0 aliphatic rings. The van der Waals surface area contributed by atoms with E-state index in [1.807, 2.05) is 33.2 Å². The van der Waals surface area contributed by atoms with Crippen molar-refractivity contribution in [2.45, 2.75) is 32.0 Å². The van der Waals surface area contributed by atoms with Crippen molar-refractivity contribution in [2.75, 3.05) is 23.9 Å². The molecule has 2 N–H and O–H groups in total. The standard InChI is InChI=1S/C13H19N5OS/c1-7(12-8(2)18-19-9(12)3)15-11-6-10(14-4)16-13(17-11)20-5/h6-7H,1-5H3,(H2,14,15,16,17). The largest absolute Gasteiger partial charge is 0.373 e. The first-order valence-electron chi connectivity index (χ1n) is 6.35. The van der Waals surface area contributed by atoms with E-state index in [1.165, 1.54) is 11.8 Å². The van der Waals surface area contributed by atoms with Crippen LogP contribution < -0.4 is 10.6 Å². The molecule has 2 aromatic rings. The molecular weight excluding hydrogens is 274 g/mol. The number of anilines is 2. The second kappa shape index (κ2) is 6.13. The van der Waals surface area contributed by atoms with Gasteiger partial charge in [0.05, 0.1) is 11.7 Å². The van der Waals surface area contributed by atoms with Gasteiger partial charge in [-0.1, -0.05) is 16.9 Å². The number of aryl methyl sites for hydroxylation is 2. The van der Waals surface area contributed by atoms with Crippen molar-refractivity contribution in [3.63, 3.8) is 0 Å². The highest BCUT2D eigenvalue weighted by molar-refractivity contribution is 7.98. The summed E-state index contributed by atoms with van der Waals surface area (Å²) < 4.78 is 5.20. The molecule has 2 aromatic heterocycles. The lowest BCUT2D eigenvalue weighted by molar-refractivity contribution is 0.392. The van der Waals surface area contributed by atoms with Crippen LogP contribution in [0, 0.1) is 13.8 Å². The molecule has 20 heavy (non-hydrogen) atoms. The molecule has 0 aliphatic heterocycles. The maximum Gasteiger partial charge on any atom is 0.191 e. The minimum Gasteiger partial charge on any atom is -0.373 e. The molecule has 7 heteroatoms. The average molecular weight is 293 g/mol. The number of nitrogens with one attached hydrogen (secondary N) is 2. The van der Waals surface area contributed by atoms with Crippen LogP contribution in [0.1, 0.15) is 30.0 Å². The van der Waals surface area contributed by atoms with Crippen molar-refractivity contribution in [2.24, 2.45) is 0 Å². The van der Waals surface area contributed by atoms with E-state index in [1.54, 1.807) is 0 Å². The zero-order valence-electron chi connectivity index (χ0n) is 12.3. The number of hydrogen-bond donors (Lipinski definition) is 2. The van der Waals surface area contributed by atoms with Crippen LogP contribution in [0.25, 0.3) is 0 Å². The SMILES string of the molecule is CNc1cc(NC(C)c2c(C)noc2C)nc(SC)n1. The van der Waals surface area contributed by atoms with Gasteiger partial charge in [0.15, 0.2) is 5.16 Å². The van der Waals surface area contributed by atoms with Gasteiger partial charge in [0, 0.05) is 18.7 Å². The molecule has 2 rings (SSSR count). The van der Waals surface area contributed by atoms with Crippen LogP contribution >= 0.6 is 11.8 Å². The van der Waals surface area contributed by atoms with E-state index >= 15 is 0 Å². The molecule has 0 aromatic carbocycles. The van der Waals surface area contributed by atoms with Crippen molar-refractivity contribution in [1.82, 2.24) is 15.1 Å². The van der Waals surface area contributed by atoms with Crippen LogP contribution in [0.5, 0.6) is 0 Å². The monoisotopic (exact) mass is 293 g/mol. The Morgan fingerprint density at radius 2 is 1.95 bits per heavy atom. The summed E-state index contributed by atoms with van der Waals surface area (Å²) in [7, 11) is 1.84. The van der Waals surface area contributed by atoms with Gasteiger partial charge >= 0.3 is 0 Å². The van der Waals surface area contributed by atoms with Gasteiger partial charge < -0.3 is 15.2 Å². The third-order valence-corrected chi connectivity index (χ3v) is 3.58. The summed E-state index contributed by atoms with van der Waals surface area (Å²) in [4.78, 5) is 8.80. The summed E-state index contributed by atoms with van der Waals surface area (Å²) in [6, 6.07) is 1.95. The molecule has 2 heterocycles. The fourth-order valence-corrected chi connectivity index (χ4v) is 2.50. The predicted molar refractivity (Wildman–Crippen MR) is 81.4 cm³/mol. The van der Waals surface area contributed by atoms with E-state index in [0.717, 1.165) is 33.8 Å². The number of thioether (sulfide) groups is 1. The van der Waals surface area contributed by atoms with E-state index in [2.05, 4.69) is 32.7 Å². The minimum atomic E-state index is 0.0653. The average Bonchev–Trinajstić information content (AvgIpc) is 2.77. The van der Waals surface area contributed by atoms with Crippen LogP contribution in [0.3, 0.4) is 0 Å². The highest BCUT2D eigenvalue weighted by atomic mass is 32.2. The van der Waals surface area contributed by atoms with Gasteiger partial charge in [-0.3, -0.25) is 0 Å². The second-order valence-corrected chi connectivity index (χ2v) is 5.25. The molecule has 6 nitrogen and oxygen atoms in total. The van der Waals surface area contributed by atoms with Gasteiger partial charge in [-0.25, -0.2) is 9.97 Å². The van der Waals surface area contributed by atoms with Gasteiger partial charge in [-0.2, -0.15) is 0 Å². The zero-order chi connectivity index (χ0) is 14.7. The van der Waals surface area contributed by atoms with E-state index in [9.17, 15) is 0 Å². The molecule has 0 aliphatic carbocycles. The summed E-state index contributed by atoms with van der Waals surface area (Å²) in [6.45, 7) is 5.92. The second-order valence-electron chi connectivity index (χ2n) is 4.48. The Morgan fingerprint density at radius 3 is 2.50 bits per heavy atom. The summed E-state index contributed by atoms with van der Waals surface area (Å²) in [5.74, 6) is 2.40. The molecule has 0 radical (unpaired) electrons. The first-order chi connectivity index (χ1) is 9.55. The third-order valence-electron chi connectivity index (χ3n) is 3.03. The smallest absolute Gasteiger partial charge is 0.191 e. The molecule has 0 saturated heterocycles. The summed E-state index contributed by atoms with van der Waals surface area (Å²) >= 11 is 1.51. The maximum atomic E-state index is 5.20. The van der Waals surface area contributed by atoms with E-state index in [0.29, 0.717) is 0 Å². The molecular formula is C13H19N5OS. The van der Waals surface area contributed by atoms with Crippen molar-refractivity contribution in [3.05, 3.63) is 23.1 Å². The summed E-state index contributed by atoms with van der Waals surface area (Å²) in [5.41, 5.74) is 1.97. The van der Waals surface area contributed by atoms with Crippen molar-refractivity contribution >= 4 is 23.4 Å². The third kappa shape index (κ3) is 3.04. The Morgan fingerprint density at radius 1 is 1.25 bits per heavy atom. The molecule has 0 saturated carbocycles. The first kappa shape index (κ1) is 14.6. The number of rotatable bonds is 5. The Kier molecular flexibility index (Phi) is 4.49. The van der Waals surface area contributed by atoms with Gasteiger partial charge in [0.1, 0.15) is 17.4 Å². The molecule has 108 valence electrons. The fraction of sp³-hybridized carbons (Fsp3) is 0.462. The van der Waals surface area contributed by atoms with Gasteiger partial charge in [-0.05, 0) is 27.0 Å². The van der Waals surface area contributed by atoms with Crippen molar-refractivity contribution in [3.8, 4) is 0 Å². The van der Waals surface area contributed by atoms with Crippen LogP contribution in [-0.4, -0.2) is 28.4 Å². The van der Waals surface area contributed by atoms with Crippen molar-refractivity contribution < 1.29 is 4.52 Å². The van der Waals surface area contributed by atoms with Gasteiger partial charge in [0.25, 0.3) is 0 Å².